The molecule has 0 saturated carbocycles. The largest absolute Gasteiger partial charge is 0.450 e. The first kappa shape index (κ1) is 16.0. The van der Waals surface area contributed by atoms with Gasteiger partial charge in [-0.05, 0) is 26.3 Å². The van der Waals surface area contributed by atoms with Crippen molar-refractivity contribution in [2.75, 3.05) is 6.61 Å². The van der Waals surface area contributed by atoms with E-state index in [1.165, 1.54) is 0 Å². The molecule has 20 heavy (non-hydrogen) atoms. The van der Waals surface area contributed by atoms with Crippen molar-refractivity contribution in [1.29, 1.82) is 0 Å². The van der Waals surface area contributed by atoms with Crippen molar-refractivity contribution in [1.82, 2.24) is 10.6 Å². The van der Waals surface area contributed by atoms with Crippen molar-refractivity contribution >= 4 is 12.0 Å². The summed E-state index contributed by atoms with van der Waals surface area (Å²) in [6, 6.07) is 9.05. The van der Waals surface area contributed by atoms with Crippen LogP contribution in [0.4, 0.5) is 4.79 Å². The van der Waals surface area contributed by atoms with Crippen LogP contribution in [0.15, 0.2) is 30.3 Å². The maximum atomic E-state index is 11.9. The SMILES string of the molecule is CCOC(=O)N[C@@H](CC(=O)NC(C)C)c1ccccc1. The molecule has 1 aromatic carbocycles. The van der Waals surface area contributed by atoms with Gasteiger partial charge in [0.1, 0.15) is 0 Å². The Morgan fingerprint density at radius 1 is 1.15 bits per heavy atom. The van der Waals surface area contributed by atoms with E-state index in [1.807, 2.05) is 44.2 Å². The minimum Gasteiger partial charge on any atom is -0.450 e. The molecule has 1 atom stereocenters. The Morgan fingerprint density at radius 3 is 2.35 bits per heavy atom. The molecular formula is C15H22N2O3. The van der Waals surface area contributed by atoms with Crippen LogP contribution >= 0.6 is 0 Å². The molecule has 0 aliphatic heterocycles. The summed E-state index contributed by atoms with van der Waals surface area (Å²) >= 11 is 0. The monoisotopic (exact) mass is 278 g/mol. The number of carbonyl (C=O) groups excluding carboxylic acids is 2. The van der Waals surface area contributed by atoms with Gasteiger partial charge < -0.3 is 15.4 Å². The zero-order valence-corrected chi connectivity index (χ0v) is 12.2. The fourth-order valence-corrected chi connectivity index (χ4v) is 1.82. The van der Waals surface area contributed by atoms with E-state index in [9.17, 15) is 9.59 Å². The molecule has 0 aliphatic carbocycles. The molecule has 0 radical (unpaired) electrons. The third kappa shape index (κ3) is 5.73. The van der Waals surface area contributed by atoms with Crippen LogP contribution in [-0.2, 0) is 9.53 Å². The number of rotatable bonds is 6. The topological polar surface area (TPSA) is 67.4 Å². The van der Waals surface area contributed by atoms with E-state index >= 15 is 0 Å². The molecule has 0 saturated heterocycles. The lowest BCUT2D eigenvalue weighted by atomic mass is 10.0. The molecular weight excluding hydrogens is 256 g/mol. The molecule has 110 valence electrons. The highest BCUT2D eigenvalue weighted by Gasteiger charge is 2.19. The van der Waals surface area contributed by atoms with E-state index in [1.54, 1.807) is 6.92 Å². The van der Waals surface area contributed by atoms with Crippen LogP contribution in [0, 0.1) is 0 Å². The molecule has 0 bridgehead atoms. The van der Waals surface area contributed by atoms with Gasteiger partial charge in [-0.15, -0.1) is 0 Å². The summed E-state index contributed by atoms with van der Waals surface area (Å²) in [5, 5.41) is 5.53. The third-order valence-corrected chi connectivity index (χ3v) is 2.61. The molecule has 0 unspecified atom stereocenters. The average molecular weight is 278 g/mol. The number of nitrogens with one attached hydrogen (secondary N) is 2. The molecule has 1 rings (SSSR count). The van der Waals surface area contributed by atoms with Gasteiger partial charge in [-0.25, -0.2) is 4.79 Å². The second-order valence-electron chi connectivity index (χ2n) is 4.75. The predicted octanol–water partition coefficient (Wildman–Crippen LogP) is 2.39. The summed E-state index contributed by atoms with van der Waals surface area (Å²) in [4.78, 5) is 23.4. The average Bonchev–Trinajstić information content (AvgIpc) is 2.38. The number of hydrogen-bond donors (Lipinski definition) is 2. The van der Waals surface area contributed by atoms with Gasteiger partial charge in [0.05, 0.1) is 19.1 Å². The Labute approximate surface area is 119 Å². The number of amides is 2. The number of carbonyl (C=O) groups is 2. The molecule has 2 N–H and O–H groups in total. The second-order valence-corrected chi connectivity index (χ2v) is 4.75. The van der Waals surface area contributed by atoms with Crippen LogP contribution in [0.1, 0.15) is 38.8 Å². The summed E-state index contributed by atoms with van der Waals surface area (Å²) < 4.78 is 4.87. The molecule has 0 spiro atoms. The minimum atomic E-state index is -0.515. The third-order valence-electron chi connectivity index (χ3n) is 2.61. The lowest BCUT2D eigenvalue weighted by molar-refractivity contribution is -0.122. The number of ether oxygens (including phenoxy) is 1. The summed E-state index contributed by atoms with van der Waals surface area (Å²) in [5.41, 5.74) is 0.874. The first-order valence-electron chi connectivity index (χ1n) is 6.80. The van der Waals surface area contributed by atoms with E-state index in [0.29, 0.717) is 6.61 Å². The Hall–Kier alpha value is -2.04. The molecule has 0 heterocycles. The first-order chi connectivity index (χ1) is 9.52. The summed E-state index contributed by atoms with van der Waals surface area (Å²) in [6.07, 6.45) is -0.334. The predicted molar refractivity (Wildman–Crippen MR) is 77.2 cm³/mol. The van der Waals surface area contributed by atoms with Crippen molar-refractivity contribution in [3.63, 3.8) is 0 Å². The molecule has 2 amide bonds. The quantitative estimate of drug-likeness (QED) is 0.839. The van der Waals surface area contributed by atoms with Gasteiger partial charge in [0.2, 0.25) is 5.91 Å². The maximum absolute atomic E-state index is 11.9. The number of benzene rings is 1. The second kappa shape index (κ2) is 8.19. The van der Waals surface area contributed by atoms with Gasteiger partial charge in [-0.2, -0.15) is 0 Å². The highest BCUT2D eigenvalue weighted by molar-refractivity contribution is 5.78. The zero-order chi connectivity index (χ0) is 15.0. The van der Waals surface area contributed by atoms with Crippen LogP contribution in [0.3, 0.4) is 0 Å². The van der Waals surface area contributed by atoms with Crippen molar-refractivity contribution < 1.29 is 14.3 Å². The summed E-state index contributed by atoms with van der Waals surface area (Å²) in [7, 11) is 0. The van der Waals surface area contributed by atoms with Crippen LogP contribution < -0.4 is 10.6 Å². The van der Waals surface area contributed by atoms with Crippen molar-refractivity contribution in [3.05, 3.63) is 35.9 Å². The normalized spacial score (nSPS) is 11.8. The van der Waals surface area contributed by atoms with Crippen molar-refractivity contribution in [2.24, 2.45) is 0 Å². The molecule has 0 fully saturated rings. The lowest BCUT2D eigenvalue weighted by Crippen LogP contribution is -2.36. The Balaban J connectivity index is 2.74. The van der Waals surface area contributed by atoms with E-state index in [0.717, 1.165) is 5.56 Å². The first-order valence-corrected chi connectivity index (χ1v) is 6.80. The number of hydrogen-bond acceptors (Lipinski definition) is 3. The van der Waals surface area contributed by atoms with Gasteiger partial charge in [0.15, 0.2) is 0 Å². The van der Waals surface area contributed by atoms with Gasteiger partial charge in [-0.3, -0.25) is 4.79 Å². The van der Waals surface area contributed by atoms with Gasteiger partial charge >= 0.3 is 6.09 Å². The smallest absolute Gasteiger partial charge is 0.407 e. The summed E-state index contributed by atoms with van der Waals surface area (Å²) in [6.45, 7) is 5.83. The van der Waals surface area contributed by atoms with Crippen molar-refractivity contribution in [2.45, 2.75) is 39.3 Å². The molecule has 0 aliphatic rings. The van der Waals surface area contributed by atoms with Crippen molar-refractivity contribution in [3.8, 4) is 0 Å². The molecule has 0 aromatic heterocycles. The highest BCUT2D eigenvalue weighted by atomic mass is 16.5. The van der Waals surface area contributed by atoms with Crippen LogP contribution in [0.5, 0.6) is 0 Å². The van der Waals surface area contributed by atoms with Gasteiger partial charge in [0.25, 0.3) is 0 Å². The Kier molecular flexibility index (Phi) is 6.56. The molecule has 5 heteroatoms. The fraction of sp³-hybridized carbons (Fsp3) is 0.467. The Morgan fingerprint density at radius 2 is 1.80 bits per heavy atom. The fourth-order valence-electron chi connectivity index (χ4n) is 1.82. The highest BCUT2D eigenvalue weighted by Crippen LogP contribution is 2.16. The summed E-state index contributed by atoms with van der Waals surface area (Å²) in [5.74, 6) is -0.106. The van der Waals surface area contributed by atoms with E-state index in [4.69, 9.17) is 4.74 Å². The maximum Gasteiger partial charge on any atom is 0.407 e. The Bertz CT molecular complexity index is 432. The zero-order valence-electron chi connectivity index (χ0n) is 12.2. The van der Waals surface area contributed by atoms with Gasteiger partial charge in [0, 0.05) is 6.04 Å². The molecule has 1 aromatic rings. The van der Waals surface area contributed by atoms with Gasteiger partial charge in [-0.1, -0.05) is 30.3 Å². The van der Waals surface area contributed by atoms with E-state index in [2.05, 4.69) is 10.6 Å². The number of alkyl carbamates (subject to hydrolysis) is 1. The van der Waals surface area contributed by atoms with Crippen LogP contribution in [0.2, 0.25) is 0 Å². The lowest BCUT2D eigenvalue weighted by Gasteiger charge is -2.19. The van der Waals surface area contributed by atoms with Crippen LogP contribution in [-0.4, -0.2) is 24.6 Å². The standard InChI is InChI=1S/C15H22N2O3/c1-4-20-15(19)17-13(10-14(18)16-11(2)3)12-8-6-5-7-9-12/h5-9,11,13H,4,10H2,1-3H3,(H,16,18)(H,17,19)/t13-/m0/s1. The van der Waals surface area contributed by atoms with E-state index in [-0.39, 0.29) is 18.4 Å². The molecule has 5 nitrogen and oxygen atoms in total. The van der Waals surface area contributed by atoms with E-state index < -0.39 is 12.1 Å². The minimum absolute atomic E-state index is 0.0708. The van der Waals surface area contributed by atoms with Crippen LogP contribution in [0.25, 0.3) is 0 Å².